The summed E-state index contributed by atoms with van der Waals surface area (Å²) >= 11 is 0. The van der Waals surface area contributed by atoms with Crippen molar-refractivity contribution in [2.45, 2.75) is 11.4 Å². The van der Waals surface area contributed by atoms with Crippen LogP contribution in [0.1, 0.15) is 5.56 Å². The first-order valence-electron chi connectivity index (χ1n) is 6.50. The van der Waals surface area contributed by atoms with E-state index in [-0.39, 0.29) is 18.0 Å². The lowest BCUT2D eigenvalue weighted by molar-refractivity contribution is 0.0736. The van der Waals surface area contributed by atoms with Gasteiger partial charge in [0.15, 0.2) is 0 Å². The van der Waals surface area contributed by atoms with Crippen molar-refractivity contribution in [1.82, 2.24) is 10.0 Å². The van der Waals surface area contributed by atoms with E-state index in [1.807, 2.05) is 0 Å². The van der Waals surface area contributed by atoms with Gasteiger partial charge in [0, 0.05) is 20.2 Å². The van der Waals surface area contributed by atoms with Gasteiger partial charge in [-0.05, 0) is 24.7 Å². The Morgan fingerprint density at radius 3 is 2.67 bits per heavy atom. The first kappa shape index (κ1) is 18.0. The van der Waals surface area contributed by atoms with Crippen LogP contribution >= 0.6 is 0 Å². The summed E-state index contributed by atoms with van der Waals surface area (Å²) in [4.78, 5) is -0.354. The maximum Gasteiger partial charge on any atom is 0.243 e. The first-order valence-corrected chi connectivity index (χ1v) is 7.99. The van der Waals surface area contributed by atoms with E-state index < -0.39 is 15.8 Å². The second-order valence-electron chi connectivity index (χ2n) is 4.30. The van der Waals surface area contributed by atoms with Crippen LogP contribution < -0.4 is 10.0 Å². The van der Waals surface area contributed by atoms with Gasteiger partial charge in [0.2, 0.25) is 10.0 Å². The highest BCUT2D eigenvalue weighted by Crippen LogP contribution is 2.16. The molecule has 0 aromatic heterocycles. The van der Waals surface area contributed by atoms with Crippen molar-refractivity contribution in [3.05, 3.63) is 29.6 Å². The maximum atomic E-state index is 13.7. The van der Waals surface area contributed by atoms with E-state index in [4.69, 9.17) is 9.47 Å². The topological polar surface area (TPSA) is 76.7 Å². The molecule has 0 saturated heterocycles. The summed E-state index contributed by atoms with van der Waals surface area (Å²) in [5.41, 5.74) is 0.690. The van der Waals surface area contributed by atoms with E-state index in [1.54, 1.807) is 20.2 Å². The third-order valence-corrected chi connectivity index (χ3v) is 4.11. The Kier molecular flexibility index (Phi) is 7.76. The van der Waals surface area contributed by atoms with E-state index in [2.05, 4.69) is 10.0 Å². The summed E-state index contributed by atoms with van der Waals surface area (Å²) in [7, 11) is -0.611. The van der Waals surface area contributed by atoms with Crippen LogP contribution in [-0.2, 0) is 26.0 Å². The number of sulfonamides is 1. The lowest BCUT2D eigenvalue weighted by atomic mass is 10.2. The molecular formula is C13H21FN2O4S. The van der Waals surface area contributed by atoms with Crippen LogP contribution in [0.15, 0.2) is 23.1 Å². The summed E-state index contributed by atoms with van der Waals surface area (Å²) in [6.45, 7) is 1.54. The number of hydrogen-bond acceptors (Lipinski definition) is 5. The molecule has 0 amide bonds. The maximum absolute atomic E-state index is 13.7. The predicted molar refractivity (Wildman–Crippen MR) is 77.0 cm³/mol. The van der Waals surface area contributed by atoms with Crippen molar-refractivity contribution in [2.75, 3.05) is 40.5 Å². The quantitative estimate of drug-likeness (QED) is 0.614. The Balaban J connectivity index is 2.63. The smallest absolute Gasteiger partial charge is 0.243 e. The molecule has 1 rings (SSSR count). The zero-order chi connectivity index (χ0) is 15.7. The Bertz CT molecular complexity index is 537. The van der Waals surface area contributed by atoms with Crippen LogP contribution in [0, 0.1) is 5.82 Å². The first-order chi connectivity index (χ1) is 10.0. The van der Waals surface area contributed by atoms with Gasteiger partial charge in [0.25, 0.3) is 0 Å². The highest BCUT2D eigenvalue weighted by molar-refractivity contribution is 7.89. The zero-order valence-electron chi connectivity index (χ0n) is 12.2. The molecule has 0 fully saturated rings. The molecule has 120 valence electrons. The van der Waals surface area contributed by atoms with Gasteiger partial charge in [-0.1, -0.05) is 6.07 Å². The van der Waals surface area contributed by atoms with Gasteiger partial charge in [0.1, 0.15) is 10.7 Å². The minimum atomic E-state index is -3.89. The monoisotopic (exact) mass is 320 g/mol. The molecule has 0 saturated carbocycles. The highest BCUT2D eigenvalue weighted by atomic mass is 32.2. The van der Waals surface area contributed by atoms with Gasteiger partial charge in [-0.2, -0.15) is 0 Å². The van der Waals surface area contributed by atoms with Gasteiger partial charge in [-0.15, -0.1) is 0 Å². The molecule has 0 radical (unpaired) electrons. The standard InChI is InChI=1S/C13H21FN2O4S/c1-15-10-11-3-4-12(14)13(9-11)21(17,18)16-5-6-20-8-7-19-2/h3-4,9,15-16H,5-8,10H2,1-2H3. The average Bonchev–Trinajstić information content (AvgIpc) is 2.45. The molecule has 0 aliphatic heterocycles. The lowest BCUT2D eigenvalue weighted by Gasteiger charge is -2.10. The predicted octanol–water partition coefficient (Wildman–Crippen LogP) is 0.486. The lowest BCUT2D eigenvalue weighted by Crippen LogP contribution is -2.28. The Hall–Kier alpha value is -1.06. The van der Waals surface area contributed by atoms with E-state index in [0.717, 1.165) is 6.07 Å². The van der Waals surface area contributed by atoms with Crippen LogP contribution in [0.2, 0.25) is 0 Å². The number of ether oxygens (including phenoxy) is 2. The number of hydrogen-bond donors (Lipinski definition) is 2. The molecule has 1 aromatic carbocycles. The summed E-state index contributed by atoms with van der Waals surface area (Å²) in [6.07, 6.45) is 0. The molecule has 0 heterocycles. The summed E-state index contributed by atoms with van der Waals surface area (Å²) in [6, 6.07) is 4.01. The van der Waals surface area contributed by atoms with Crippen molar-refractivity contribution in [3.8, 4) is 0 Å². The molecule has 0 atom stereocenters. The minimum Gasteiger partial charge on any atom is -0.382 e. The van der Waals surface area contributed by atoms with E-state index >= 15 is 0 Å². The van der Waals surface area contributed by atoms with Gasteiger partial charge in [0.05, 0.1) is 19.8 Å². The molecule has 0 bridgehead atoms. The molecule has 0 unspecified atom stereocenters. The number of benzene rings is 1. The third-order valence-electron chi connectivity index (χ3n) is 2.64. The molecule has 0 aliphatic rings. The minimum absolute atomic E-state index is 0.0712. The van der Waals surface area contributed by atoms with Gasteiger partial charge in [-0.25, -0.2) is 17.5 Å². The molecule has 0 aliphatic carbocycles. The van der Waals surface area contributed by atoms with Crippen LogP contribution in [0.3, 0.4) is 0 Å². The SMILES string of the molecule is CNCc1ccc(F)c(S(=O)(=O)NCCOCCOC)c1. The fraction of sp³-hybridized carbons (Fsp3) is 0.538. The van der Waals surface area contributed by atoms with E-state index in [1.165, 1.54) is 6.07 Å². The van der Waals surface area contributed by atoms with Crippen molar-refractivity contribution < 1.29 is 22.3 Å². The molecular weight excluding hydrogens is 299 g/mol. The second kappa shape index (κ2) is 9.06. The zero-order valence-corrected chi connectivity index (χ0v) is 13.0. The number of halogens is 1. The van der Waals surface area contributed by atoms with Crippen LogP contribution in [-0.4, -0.2) is 48.9 Å². The summed E-state index contributed by atoms with van der Waals surface area (Å²) in [5, 5.41) is 2.88. The van der Waals surface area contributed by atoms with Crippen molar-refractivity contribution >= 4 is 10.0 Å². The molecule has 8 heteroatoms. The summed E-state index contributed by atoms with van der Waals surface area (Å²) in [5.74, 6) is -0.775. The van der Waals surface area contributed by atoms with Crippen LogP contribution in [0.25, 0.3) is 0 Å². The Morgan fingerprint density at radius 1 is 1.24 bits per heavy atom. The summed E-state index contributed by atoms with van der Waals surface area (Å²) < 4.78 is 50.0. The Labute approximate surface area is 124 Å². The van der Waals surface area contributed by atoms with Crippen LogP contribution in [0.5, 0.6) is 0 Å². The van der Waals surface area contributed by atoms with E-state index in [9.17, 15) is 12.8 Å². The van der Waals surface area contributed by atoms with Crippen molar-refractivity contribution in [3.63, 3.8) is 0 Å². The largest absolute Gasteiger partial charge is 0.382 e. The van der Waals surface area contributed by atoms with Crippen LogP contribution in [0.4, 0.5) is 4.39 Å². The molecule has 0 spiro atoms. The van der Waals surface area contributed by atoms with Crippen molar-refractivity contribution in [1.29, 1.82) is 0 Å². The molecule has 21 heavy (non-hydrogen) atoms. The molecule has 2 N–H and O–H groups in total. The normalized spacial score (nSPS) is 11.8. The second-order valence-corrected chi connectivity index (χ2v) is 6.03. The number of methoxy groups -OCH3 is 1. The van der Waals surface area contributed by atoms with Gasteiger partial charge < -0.3 is 14.8 Å². The molecule has 6 nitrogen and oxygen atoms in total. The fourth-order valence-corrected chi connectivity index (χ4v) is 2.78. The number of rotatable bonds is 10. The average molecular weight is 320 g/mol. The fourth-order valence-electron chi connectivity index (χ4n) is 1.64. The van der Waals surface area contributed by atoms with Gasteiger partial charge >= 0.3 is 0 Å². The highest BCUT2D eigenvalue weighted by Gasteiger charge is 2.19. The Morgan fingerprint density at radius 2 is 2.00 bits per heavy atom. The van der Waals surface area contributed by atoms with E-state index in [0.29, 0.717) is 25.3 Å². The van der Waals surface area contributed by atoms with Gasteiger partial charge in [-0.3, -0.25) is 0 Å². The number of nitrogens with one attached hydrogen (secondary N) is 2. The van der Waals surface area contributed by atoms with Crippen molar-refractivity contribution in [2.24, 2.45) is 0 Å². The molecule has 1 aromatic rings. The third kappa shape index (κ3) is 6.06.